The van der Waals surface area contributed by atoms with Gasteiger partial charge in [-0.25, -0.2) is 9.59 Å². The van der Waals surface area contributed by atoms with Crippen molar-refractivity contribution >= 4 is 11.9 Å². The Balaban J connectivity index is 1.95. The molecule has 2 rings (SSSR count). The van der Waals surface area contributed by atoms with Gasteiger partial charge in [-0.15, -0.1) is 0 Å². The summed E-state index contributed by atoms with van der Waals surface area (Å²) in [7, 11) is 0. The number of carbonyl (C=O) groups is 2. The maximum Gasteiger partial charge on any atom is 0.330 e. The highest BCUT2D eigenvalue weighted by Crippen LogP contribution is 2.31. The van der Waals surface area contributed by atoms with E-state index in [0.717, 1.165) is 34.4 Å². The van der Waals surface area contributed by atoms with Gasteiger partial charge >= 0.3 is 11.9 Å². The van der Waals surface area contributed by atoms with E-state index in [1.165, 1.54) is 0 Å². The van der Waals surface area contributed by atoms with E-state index in [9.17, 15) is 19.8 Å². The van der Waals surface area contributed by atoms with Crippen LogP contribution in [0.25, 0.3) is 0 Å². The molecule has 0 saturated carbocycles. The Hall–Kier alpha value is -3.62. The summed E-state index contributed by atoms with van der Waals surface area (Å²) in [6.45, 7) is 12.2. The van der Waals surface area contributed by atoms with Crippen LogP contribution in [0.1, 0.15) is 35.1 Å². The van der Waals surface area contributed by atoms with Crippen molar-refractivity contribution in [2.45, 2.75) is 38.9 Å². The van der Waals surface area contributed by atoms with E-state index in [1.807, 2.05) is 50.2 Å². The first kappa shape index (κ1) is 28.6. The third-order valence-corrected chi connectivity index (χ3v) is 5.43. The zero-order chi connectivity index (χ0) is 26.7. The first-order valence-corrected chi connectivity index (χ1v) is 11.6. The van der Waals surface area contributed by atoms with E-state index < -0.39 is 24.1 Å². The Morgan fingerprint density at radius 3 is 1.50 bits per heavy atom. The lowest BCUT2D eigenvalue weighted by atomic mass is 9.91. The van der Waals surface area contributed by atoms with Crippen LogP contribution in [0.4, 0.5) is 0 Å². The minimum atomic E-state index is -0.945. The molecule has 0 aromatic heterocycles. The van der Waals surface area contributed by atoms with Crippen molar-refractivity contribution in [2.75, 3.05) is 26.4 Å². The predicted molar refractivity (Wildman–Crippen MR) is 135 cm³/mol. The van der Waals surface area contributed by atoms with Crippen molar-refractivity contribution < 1.29 is 38.7 Å². The Labute approximate surface area is 211 Å². The molecule has 0 aliphatic rings. The maximum atomic E-state index is 11.1. The molecule has 194 valence electrons. The number of benzene rings is 2. The second-order valence-electron chi connectivity index (χ2n) is 8.37. The SMILES string of the molecule is C=CC(=O)OCC(O)COc1ccc(C(C)c2ccc(OCC(O)COC(=O)C=C)c(C)c2)cc1C. The Kier molecular flexibility index (Phi) is 11.2. The summed E-state index contributed by atoms with van der Waals surface area (Å²) in [5.74, 6) is 0.179. The zero-order valence-electron chi connectivity index (χ0n) is 20.9. The van der Waals surface area contributed by atoms with E-state index >= 15 is 0 Å². The number of aryl methyl sites for hydroxylation is 2. The molecule has 2 unspecified atom stereocenters. The van der Waals surface area contributed by atoms with Crippen molar-refractivity contribution in [3.05, 3.63) is 84.0 Å². The van der Waals surface area contributed by atoms with Gasteiger partial charge in [-0.1, -0.05) is 44.3 Å². The van der Waals surface area contributed by atoms with Gasteiger partial charge in [-0.3, -0.25) is 0 Å². The highest BCUT2D eigenvalue weighted by Gasteiger charge is 2.15. The lowest BCUT2D eigenvalue weighted by Gasteiger charge is -2.18. The van der Waals surface area contributed by atoms with Crippen LogP contribution in [0.15, 0.2) is 61.7 Å². The van der Waals surface area contributed by atoms with E-state index in [-0.39, 0.29) is 32.3 Å². The second kappa shape index (κ2) is 14.1. The fraction of sp³-hybridized carbons (Fsp3) is 0.357. The van der Waals surface area contributed by atoms with Crippen molar-refractivity contribution in [3.8, 4) is 11.5 Å². The van der Waals surface area contributed by atoms with Gasteiger partial charge in [0.2, 0.25) is 0 Å². The molecule has 0 fully saturated rings. The molecule has 2 aromatic carbocycles. The number of rotatable bonds is 14. The highest BCUT2D eigenvalue weighted by molar-refractivity contribution is 5.81. The lowest BCUT2D eigenvalue weighted by Crippen LogP contribution is -2.25. The molecule has 36 heavy (non-hydrogen) atoms. The summed E-state index contributed by atoms with van der Waals surface area (Å²) >= 11 is 0. The van der Waals surface area contributed by atoms with E-state index in [1.54, 1.807) is 0 Å². The summed E-state index contributed by atoms with van der Waals surface area (Å²) in [5, 5.41) is 19.9. The van der Waals surface area contributed by atoms with Crippen LogP contribution < -0.4 is 9.47 Å². The summed E-state index contributed by atoms with van der Waals surface area (Å²) in [6.07, 6.45) is 0.185. The normalized spacial score (nSPS) is 13.1. The fourth-order valence-corrected chi connectivity index (χ4v) is 3.34. The van der Waals surface area contributed by atoms with Crippen LogP contribution in [-0.2, 0) is 19.1 Å². The number of esters is 2. The lowest BCUT2D eigenvalue weighted by molar-refractivity contribution is -0.142. The fourth-order valence-electron chi connectivity index (χ4n) is 3.34. The molecule has 0 spiro atoms. The largest absolute Gasteiger partial charge is 0.490 e. The minimum absolute atomic E-state index is 0.00773. The molecular weight excluding hydrogens is 464 g/mol. The highest BCUT2D eigenvalue weighted by atomic mass is 16.6. The average molecular weight is 499 g/mol. The molecule has 0 heterocycles. The van der Waals surface area contributed by atoms with Gasteiger partial charge in [0.1, 0.15) is 50.1 Å². The predicted octanol–water partition coefficient (Wildman–Crippen LogP) is 3.39. The van der Waals surface area contributed by atoms with Crippen molar-refractivity contribution in [3.63, 3.8) is 0 Å². The molecule has 2 N–H and O–H groups in total. The Morgan fingerprint density at radius 2 is 1.17 bits per heavy atom. The number of carbonyl (C=O) groups excluding carboxylic acids is 2. The Bertz CT molecular complexity index is 978. The number of ether oxygens (including phenoxy) is 4. The van der Waals surface area contributed by atoms with Gasteiger partial charge in [-0.05, 0) is 48.2 Å². The molecule has 0 aliphatic heterocycles. The van der Waals surface area contributed by atoms with E-state index in [0.29, 0.717) is 11.5 Å². The molecular formula is C28H34O8. The summed E-state index contributed by atoms with van der Waals surface area (Å²) < 4.78 is 21.0. The molecule has 0 bridgehead atoms. The molecule has 0 saturated heterocycles. The third-order valence-electron chi connectivity index (χ3n) is 5.43. The van der Waals surface area contributed by atoms with Gasteiger partial charge in [0, 0.05) is 18.1 Å². The standard InChI is InChI=1S/C28H34O8/c1-6-27(31)35-16-23(29)14-33-25-10-8-21(12-18(25)3)20(5)22-9-11-26(19(4)13-22)34-15-24(30)17-36-28(32)7-2/h6-13,20,23-24,29-30H,1-2,14-17H2,3-5H3. The zero-order valence-corrected chi connectivity index (χ0v) is 20.9. The monoisotopic (exact) mass is 498 g/mol. The second-order valence-corrected chi connectivity index (χ2v) is 8.37. The smallest absolute Gasteiger partial charge is 0.330 e. The van der Waals surface area contributed by atoms with Gasteiger partial charge in [-0.2, -0.15) is 0 Å². The van der Waals surface area contributed by atoms with Crippen LogP contribution in [0, 0.1) is 13.8 Å². The van der Waals surface area contributed by atoms with Crippen molar-refractivity contribution in [1.82, 2.24) is 0 Å². The topological polar surface area (TPSA) is 112 Å². The first-order valence-electron chi connectivity index (χ1n) is 11.6. The van der Waals surface area contributed by atoms with Crippen LogP contribution in [-0.4, -0.2) is 60.8 Å². The minimum Gasteiger partial charge on any atom is -0.490 e. The number of aliphatic hydroxyl groups excluding tert-OH is 2. The molecule has 0 aliphatic carbocycles. The summed E-state index contributed by atoms with van der Waals surface area (Å²) in [4.78, 5) is 22.2. The van der Waals surface area contributed by atoms with Gasteiger partial charge < -0.3 is 29.2 Å². The molecule has 0 amide bonds. The van der Waals surface area contributed by atoms with Crippen LogP contribution in [0.5, 0.6) is 11.5 Å². The summed E-state index contributed by atoms with van der Waals surface area (Å²) in [5.41, 5.74) is 4.01. The molecule has 8 nitrogen and oxygen atoms in total. The number of hydrogen-bond donors (Lipinski definition) is 2. The van der Waals surface area contributed by atoms with Crippen LogP contribution >= 0.6 is 0 Å². The van der Waals surface area contributed by atoms with Gasteiger partial charge in [0.05, 0.1) is 0 Å². The van der Waals surface area contributed by atoms with Gasteiger partial charge in [0.15, 0.2) is 0 Å². The van der Waals surface area contributed by atoms with Crippen molar-refractivity contribution in [2.24, 2.45) is 0 Å². The molecule has 2 aromatic rings. The van der Waals surface area contributed by atoms with Crippen LogP contribution in [0.3, 0.4) is 0 Å². The van der Waals surface area contributed by atoms with Crippen molar-refractivity contribution in [1.29, 1.82) is 0 Å². The third kappa shape index (κ3) is 8.87. The molecule has 2 atom stereocenters. The van der Waals surface area contributed by atoms with E-state index in [2.05, 4.69) is 20.1 Å². The maximum absolute atomic E-state index is 11.1. The quantitative estimate of drug-likeness (QED) is 0.301. The first-order chi connectivity index (χ1) is 17.1. The Morgan fingerprint density at radius 1 is 0.778 bits per heavy atom. The number of aliphatic hydroxyl groups is 2. The molecule has 0 radical (unpaired) electrons. The van der Waals surface area contributed by atoms with Crippen LogP contribution in [0.2, 0.25) is 0 Å². The summed E-state index contributed by atoms with van der Waals surface area (Å²) in [6, 6.07) is 11.7. The molecule has 8 heteroatoms. The average Bonchev–Trinajstić information content (AvgIpc) is 2.88. The number of hydrogen-bond acceptors (Lipinski definition) is 8. The van der Waals surface area contributed by atoms with E-state index in [4.69, 9.17) is 18.9 Å². The van der Waals surface area contributed by atoms with Gasteiger partial charge in [0.25, 0.3) is 0 Å².